The zero-order chi connectivity index (χ0) is 24.0. The molecule has 4 rings (SSSR count). The highest BCUT2D eigenvalue weighted by Crippen LogP contribution is 2.34. The lowest BCUT2D eigenvalue weighted by molar-refractivity contribution is 0.343. The van der Waals surface area contributed by atoms with Gasteiger partial charge in [0.05, 0.1) is 17.9 Å². The van der Waals surface area contributed by atoms with Gasteiger partial charge >= 0.3 is 0 Å². The van der Waals surface area contributed by atoms with E-state index in [1.807, 2.05) is 78.9 Å². The van der Waals surface area contributed by atoms with Gasteiger partial charge in [0.15, 0.2) is 0 Å². The first-order valence-corrected chi connectivity index (χ1v) is 12.4. The van der Waals surface area contributed by atoms with Crippen LogP contribution in [-0.2, 0) is 5.41 Å². The van der Waals surface area contributed by atoms with Crippen LogP contribution < -0.4 is 4.74 Å². The van der Waals surface area contributed by atoms with Gasteiger partial charge in [-0.15, -0.1) is 11.8 Å². The smallest absolute Gasteiger partial charge is 0.119 e. The van der Waals surface area contributed by atoms with Crippen LogP contribution in [0.25, 0.3) is 22.4 Å². The van der Waals surface area contributed by atoms with Crippen LogP contribution in [-0.4, -0.2) is 17.3 Å². The maximum absolute atomic E-state index is 10.0. The third-order valence-electron chi connectivity index (χ3n) is 5.56. The van der Waals surface area contributed by atoms with E-state index >= 15 is 0 Å². The number of ether oxygens (including phenoxy) is 1. The van der Waals surface area contributed by atoms with Gasteiger partial charge < -0.3 is 4.74 Å². The lowest BCUT2D eigenvalue weighted by Gasteiger charge is -2.19. The second-order valence-electron chi connectivity index (χ2n) is 9.05. The first-order valence-electron chi connectivity index (χ1n) is 11.4. The standard InChI is InChI=1S/C30H28N2OS/c1-30(2,3)24-14-16-25(17-15-24)33-18-19-34-29-27(21-31)26(22-10-6-4-7-11-22)20-28(32-29)23-12-8-5-9-13-23/h4-17,20H,18-19H2,1-3H3. The number of hydrogen-bond donors (Lipinski definition) is 0. The van der Waals surface area contributed by atoms with Crippen molar-refractivity contribution >= 4 is 11.8 Å². The van der Waals surface area contributed by atoms with Crippen molar-refractivity contribution in [2.24, 2.45) is 0 Å². The molecule has 3 aromatic carbocycles. The Balaban J connectivity index is 1.55. The number of thioether (sulfide) groups is 1. The van der Waals surface area contributed by atoms with Crippen molar-refractivity contribution in [3.8, 4) is 34.2 Å². The first kappa shape index (κ1) is 23.6. The molecule has 0 unspecified atom stereocenters. The highest BCUT2D eigenvalue weighted by atomic mass is 32.2. The molecule has 170 valence electrons. The van der Waals surface area contributed by atoms with Gasteiger partial charge in [-0.05, 0) is 34.7 Å². The van der Waals surface area contributed by atoms with E-state index in [2.05, 4.69) is 39.0 Å². The Morgan fingerprint density at radius 2 is 1.47 bits per heavy atom. The molecule has 0 aliphatic rings. The molecule has 0 amide bonds. The monoisotopic (exact) mass is 464 g/mol. The van der Waals surface area contributed by atoms with Gasteiger partial charge in [-0.25, -0.2) is 4.98 Å². The Labute approximate surface area is 206 Å². The number of nitrogens with zero attached hydrogens (tertiary/aromatic N) is 2. The number of hydrogen-bond acceptors (Lipinski definition) is 4. The van der Waals surface area contributed by atoms with Crippen molar-refractivity contribution in [1.29, 1.82) is 5.26 Å². The van der Waals surface area contributed by atoms with Crippen molar-refractivity contribution in [2.45, 2.75) is 31.2 Å². The summed E-state index contributed by atoms with van der Waals surface area (Å²) in [4.78, 5) is 4.87. The predicted octanol–water partition coefficient (Wildman–Crippen LogP) is 7.76. The molecule has 0 aliphatic carbocycles. The molecule has 0 fully saturated rings. The van der Waals surface area contributed by atoms with E-state index in [0.717, 1.165) is 33.2 Å². The van der Waals surface area contributed by atoms with E-state index in [4.69, 9.17) is 9.72 Å². The largest absolute Gasteiger partial charge is 0.493 e. The third kappa shape index (κ3) is 5.68. The molecule has 0 radical (unpaired) electrons. The Morgan fingerprint density at radius 3 is 2.06 bits per heavy atom. The molecule has 0 N–H and O–H groups in total. The minimum absolute atomic E-state index is 0.119. The summed E-state index contributed by atoms with van der Waals surface area (Å²) in [7, 11) is 0. The second kappa shape index (κ2) is 10.6. The summed E-state index contributed by atoms with van der Waals surface area (Å²) in [6.07, 6.45) is 0. The molecule has 0 bridgehead atoms. The topological polar surface area (TPSA) is 45.9 Å². The summed E-state index contributed by atoms with van der Waals surface area (Å²) in [6.45, 7) is 7.13. The van der Waals surface area contributed by atoms with Gasteiger partial charge in [0.1, 0.15) is 16.8 Å². The summed E-state index contributed by atoms with van der Waals surface area (Å²) < 4.78 is 5.97. The average Bonchev–Trinajstić information content (AvgIpc) is 2.87. The third-order valence-corrected chi connectivity index (χ3v) is 6.50. The molecular formula is C30H28N2OS. The number of nitriles is 1. The van der Waals surface area contributed by atoms with Crippen LogP contribution in [0.15, 0.2) is 96.0 Å². The van der Waals surface area contributed by atoms with Crippen molar-refractivity contribution in [3.05, 3.63) is 102 Å². The summed E-state index contributed by atoms with van der Waals surface area (Å²) in [6, 6.07) is 32.8. The Morgan fingerprint density at radius 1 is 0.853 bits per heavy atom. The van der Waals surface area contributed by atoms with Crippen LogP contribution in [0, 0.1) is 11.3 Å². The van der Waals surface area contributed by atoms with E-state index < -0.39 is 0 Å². The lowest BCUT2D eigenvalue weighted by atomic mass is 9.87. The fourth-order valence-electron chi connectivity index (χ4n) is 3.69. The van der Waals surface area contributed by atoms with Crippen LogP contribution in [0.5, 0.6) is 5.75 Å². The summed E-state index contributed by atoms with van der Waals surface area (Å²) in [5.41, 5.74) is 5.80. The quantitative estimate of drug-likeness (QED) is 0.207. The van der Waals surface area contributed by atoms with Crippen LogP contribution in [0.1, 0.15) is 31.9 Å². The fraction of sp³-hybridized carbons (Fsp3) is 0.200. The minimum atomic E-state index is 0.119. The van der Waals surface area contributed by atoms with E-state index in [1.165, 1.54) is 5.56 Å². The van der Waals surface area contributed by atoms with Crippen LogP contribution in [0.3, 0.4) is 0 Å². The van der Waals surface area contributed by atoms with E-state index in [9.17, 15) is 5.26 Å². The van der Waals surface area contributed by atoms with E-state index in [-0.39, 0.29) is 5.41 Å². The first-order chi connectivity index (χ1) is 16.5. The molecule has 4 heteroatoms. The Kier molecular flexibility index (Phi) is 7.35. The van der Waals surface area contributed by atoms with Gasteiger partial charge in [0.2, 0.25) is 0 Å². The van der Waals surface area contributed by atoms with Crippen LogP contribution in [0.2, 0.25) is 0 Å². The molecule has 0 spiro atoms. The molecular weight excluding hydrogens is 436 g/mol. The molecule has 0 atom stereocenters. The maximum Gasteiger partial charge on any atom is 0.119 e. The SMILES string of the molecule is CC(C)(C)c1ccc(OCCSc2nc(-c3ccccc3)cc(-c3ccccc3)c2C#N)cc1. The zero-order valence-corrected chi connectivity index (χ0v) is 20.6. The summed E-state index contributed by atoms with van der Waals surface area (Å²) in [5.74, 6) is 1.54. The highest BCUT2D eigenvalue weighted by Gasteiger charge is 2.16. The Hall–Kier alpha value is -3.55. The molecule has 0 saturated heterocycles. The molecule has 0 aliphatic heterocycles. The summed E-state index contributed by atoms with van der Waals surface area (Å²) >= 11 is 1.56. The maximum atomic E-state index is 10.0. The summed E-state index contributed by atoms with van der Waals surface area (Å²) in [5, 5.41) is 10.7. The highest BCUT2D eigenvalue weighted by molar-refractivity contribution is 7.99. The van der Waals surface area contributed by atoms with Crippen molar-refractivity contribution in [2.75, 3.05) is 12.4 Å². The van der Waals surface area contributed by atoms with E-state index in [0.29, 0.717) is 17.9 Å². The van der Waals surface area contributed by atoms with Crippen molar-refractivity contribution in [3.63, 3.8) is 0 Å². The zero-order valence-electron chi connectivity index (χ0n) is 19.8. The normalized spacial score (nSPS) is 11.1. The molecule has 4 aromatic rings. The van der Waals surface area contributed by atoms with Crippen LogP contribution >= 0.6 is 11.8 Å². The van der Waals surface area contributed by atoms with Gasteiger partial charge in [-0.2, -0.15) is 5.26 Å². The molecule has 3 nitrogen and oxygen atoms in total. The lowest BCUT2D eigenvalue weighted by Crippen LogP contribution is -2.10. The van der Waals surface area contributed by atoms with Gasteiger partial charge in [0, 0.05) is 16.9 Å². The number of pyridine rings is 1. The van der Waals surface area contributed by atoms with Gasteiger partial charge in [-0.3, -0.25) is 0 Å². The number of rotatable bonds is 7. The molecule has 34 heavy (non-hydrogen) atoms. The second-order valence-corrected chi connectivity index (χ2v) is 10.1. The number of benzene rings is 3. The van der Waals surface area contributed by atoms with E-state index in [1.54, 1.807) is 11.8 Å². The predicted molar refractivity (Wildman–Crippen MR) is 141 cm³/mol. The van der Waals surface area contributed by atoms with Gasteiger partial charge in [-0.1, -0.05) is 93.6 Å². The van der Waals surface area contributed by atoms with Crippen molar-refractivity contribution in [1.82, 2.24) is 4.98 Å². The number of aromatic nitrogens is 1. The Bertz CT molecular complexity index is 1270. The minimum Gasteiger partial charge on any atom is -0.493 e. The molecule has 1 heterocycles. The van der Waals surface area contributed by atoms with Crippen LogP contribution in [0.4, 0.5) is 0 Å². The molecule has 1 aromatic heterocycles. The van der Waals surface area contributed by atoms with Crippen molar-refractivity contribution < 1.29 is 4.74 Å². The fourth-order valence-corrected chi connectivity index (χ4v) is 4.51. The van der Waals surface area contributed by atoms with Gasteiger partial charge in [0.25, 0.3) is 0 Å². The average molecular weight is 465 g/mol. The molecule has 0 saturated carbocycles.